The van der Waals surface area contributed by atoms with Crippen molar-refractivity contribution in [1.82, 2.24) is 10.2 Å². The minimum absolute atomic E-state index is 0.0124. The maximum atomic E-state index is 13.5. The zero-order valence-electron chi connectivity index (χ0n) is 16.8. The van der Waals surface area contributed by atoms with Crippen LogP contribution in [0.5, 0.6) is 5.75 Å². The lowest BCUT2D eigenvalue weighted by molar-refractivity contribution is -0.139. The fraction of sp³-hybridized carbons (Fsp3) is 0.364. The summed E-state index contributed by atoms with van der Waals surface area (Å²) in [5.74, 6) is -1.38. The minimum atomic E-state index is -4.68. The fourth-order valence-corrected chi connectivity index (χ4v) is 3.57. The first-order valence-corrected chi connectivity index (χ1v) is 9.71. The summed E-state index contributed by atoms with van der Waals surface area (Å²) in [4.78, 5) is 26.5. The van der Waals surface area contributed by atoms with Crippen LogP contribution < -0.4 is 10.1 Å². The van der Waals surface area contributed by atoms with Crippen LogP contribution in [-0.2, 0) is 28.9 Å². The molecule has 0 saturated carbocycles. The van der Waals surface area contributed by atoms with E-state index in [9.17, 15) is 27.2 Å². The predicted octanol–water partition coefficient (Wildman–Crippen LogP) is 3.91. The van der Waals surface area contributed by atoms with Gasteiger partial charge in [0.1, 0.15) is 11.6 Å². The molecular formula is C22H22F4N2O3. The van der Waals surface area contributed by atoms with E-state index in [0.29, 0.717) is 18.2 Å². The number of para-hydroxylation sites is 1. The summed E-state index contributed by atoms with van der Waals surface area (Å²) in [6.45, 7) is 0.224. The highest BCUT2D eigenvalue weighted by Gasteiger charge is 2.32. The van der Waals surface area contributed by atoms with Gasteiger partial charge in [0.25, 0.3) is 0 Å². The number of alkyl halides is 3. The van der Waals surface area contributed by atoms with Crippen molar-refractivity contribution in [3.8, 4) is 5.75 Å². The zero-order valence-corrected chi connectivity index (χ0v) is 16.8. The standard InChI is InChI=1S/C22H22F4N2O3/c1-31-19-5-3-2-4-15(19)12-28-13-16(6-7-20(28)29)21(30)27-11-14-8-17(22(24,25)26)10-18(23)9-14/h2-5,8-10,16H,6-7,11-13H2,1H3,(H,27,30)/t16-/m1/s1. The molecule has 0 bridgehead atoms. The third kappa shape index (κ3) is 5.74. The molecule has 0 aromatic heterocycles. The van der Waals surface area contributed by atoms with Gasteiger partial charge in [0, 0.05) is 31.6 Å². The van der Waals surface area contributed by atoms with E-state index in [1.165, 1.54) is 7.11 Å². The summed E-state index contributed by atoms with van der Waals surface area (Å²) in [5, 5.41) is 2.56. The zero-order chi connectivity index (χ0) is 22.6. The van der Waals surface area contributed by atoms with Crippen LogP contribution in [0.4, 0.5) is 17.6 Å². The number of likely N-dealkylation sites (tertiary alicyclic amines) is 1. The second kappa shape index (κ2) is 9.36. The summed E-state index contributed by atoms with van der Waals surface area (Å²) in [7, 11) is 1.53. The fourth-order valence-electron chi connectivity index (χ4n) is 3.57. The lowest BCUT2D eigenvalue weighted by Gasteiger charge is -2.32. The highest BCUT2D eigenvalue weighted by Crippen LogP contribution is 2.30. The number of ether oxygens (including phenoxy) is 1. The number of benzene rings is 2. The minimum Gasteiger partial charge on any atom is -0.496 e. The summed E-state index contributed by atoms with van der Waals surface area (Å²) in [6, 6.07) is 9.42. The van der Waals surface area contributed by atoms with Crippen LogP contribution in [0.2, 0.25) is 0 Å². The van der Waals surface area contributed by atoms with Gasteiger partial charge in [-0.25, -0.2) is 4.39 Å². The van der Waals surface area contributed by atoms with Gasteiger partial charge in [0.15, 0.2) is 0 Å². The van der Waals surface area contributed by atoms with Gasteiger partial charge in [0.05, 0.1) is 18.6 Å². The molecule has 1 aliphatic rings. The second-order valence-corrected chi connectivity index (χ2v) is 7.39. The molecule has 5 nitrogen and oxygen atoms in total. The molecule has 31 heavy (non-hydrogen) atoms. The van der Waals surface area contributed by atoms with Crippen molar-refractivity contribution >= 4 is 11.8 Å². The van der Waals surface area contributed by atoms with E-state index >= 15 is 0 Å². The van der Waals surface area contributed by atoms with E-state index in [-0.39, 0.29) is 37.5 Å². The van der Waals surface area contributed by atoms with E-state index in [2.05, 4.69) is 5.32 Å². The summed E-state index contributed by atoms with van der Waals surface area (Å²) in [5.41, 5.74) is -0.291. The van der Waals surface area contributed by atoms with Gasteiger partial charge < -0.3 is 15.0 Å². The van der Waals surface area contributed by atoms with Crippen molar-refractivity contribution in [2.75, 3.05) is 13.7 Å². The molecule has 166 valence electrons. The van der Waals surface area contributed by atoms with Gasteiger partial charge in [-0.3, -0.25) is 9.59 Å². The Balaban J connectivity index is 1.63. The number of rotatable bonds is 6. The SMILES string of the molecule is COc1ccccc1CN1C[C@H](C(=O)NCc2cc(F)cc(C(F)(F)F)c2)CCC1=O. The highest BCUT2D eigenvalue weighted by atomic mass is 19.4. The lowest BCUT2D eigenvalue weighted by Crippen LogP contribution is -2.45. The van der Waals surface area contributed by atoms with Crippen LogP contribution in [0.1, 0.15) is 29.5 Å². The van der Waals surface area contributed by atoms with E-state index in [0.717, 1.165) is 17.7 Å². The Hall–Kier alpha value is -3.10. The number of carbonyl (C=O) groups is 2. The Kier molecular flexibility index (Phi) is 6.82. The third-order valence-electron chi connectivity index (χ3n) is 5.18. The number of hydrogen-bond donors (Lipinski definition) is 1. The molecule has 3 rings (SSSR count). The highest BCUT2D eigenvalue weighted by molar-refractivity contribution is 5.83. The van der Waals surface area contributed by atoms with Gasteiger partial charge in [-0.15, -0.1) is 0 Å². The van der Waals surface area contributed by atoms with Crippen molar-refractivity contribution in [2.24, 2.45) is 5.92 Å². The number of methoxy groups -OCH3 is 1. The molecule has 1 fully saturated rings. The largest absolute Gasteiger partial charge is 0.496 e. The number of halogens is 4. The van der Waals surface area contributed by atoms with Gasteiger partial charge in [0.2, 0.25) is 11.8 Å². The Morgan fingerprint density at radius 2 is 1.97 bits per heavy atom. The molecule has 2 amide bonds. The van der Waals surface area contributed by atoms with Crippen molar-refractivity contribution in [1.29, 1.82) is 0 Å². The first-order valence-electron chi connectivity index (χ1n) is 9.71. The first kappa shape index (κ1) is 22.6. The monoisotopic (exact) mass is 438 g/mol. The van der Waals surface area contributed by atoms with Crippen LogP contribution in [-0.4, -0.2) is 30.4 Å². The second-order valence-electron chi connectivity index (χ2n) is 7.39. The smallest absolute Gasteiger partial charge is 0.416 e. The average Bonchev–Trinajstić information content (AvgIpc) is 2.73. The van der Waals surface area contributed by atoms with Crippen molar-refractivity contribution in [2.45, 2.75) is 32.1 Å². The van der Waals surface area contributed by atoms with Gasteiger partial charge in [-0.05, 0) is 36.2 Å². The molecule has 9 heteroatoms. The van der Waals surface area contributed by atoms with Crippen molar-refractivity contribution in [3.63, 3.8) is 0 Å². The van der Waals surface area contributed by atoms with E-state index < -0.39 is 29.4 Å². The van der Waals surface area contributed by atoms with E-state index in [4.69, 9.17) is 4.74 Å². The number of carbonyl (C=O) groups excluding carboxylic acids is 2. The van der Waals surface area contributed by atoms with Gasteiger partial charge in [-0.2, -0.15) is 13.2 Å². The normalized spacial score (nSPS) is 16.9. The van der Waals surface area contributed by atoms with Crippen LogP contribution in [0.25, 0.3) is 0 Å². The van der Waals surface area contributed by atoms with Crippen LogP contribution in [0.15, 0.2) is 42.5 Å². The molecule has 0 aliphatic carbocycles. The van der Waals surface area contributed by atoms with Gasteiger partial charge >= 0.3 is 6.18 Å². The number of nitrogens with zero attached hydrogens (tertiary/aromatic N) is 1. The summed E-state index contributed by atoms with van der Waals surface area (Å²) in [6.07, 6.45) is -4.15. The molecular weight excluding hydrogens is 416 g/mol. The Morgan fingerprint density at radius 1 is 1.23 bits per heavy atom. The van der Waals surface area contributed by atoms with Crippen molar-refractivity contribution in [3.05, 3.63) is 65.0 Å². The number of nitrogens with one attached hydrogen (secondary N) is 1. The maximum Gasteiger partial charge on any atom is 0.416 e. The Morgan fingerprint density at radius 3 is 2.68 bits per heavy atom. The molecule has 2 aromatic carbocycles. The number of amides is 2. The van der Waals surface area contributed by atoms with Crippen LogP contribution >= 0.6 is 0 Å². The first-order chi connectivity index (χ1) is 14.7. The average molecular weight is 438 g/mol. The predicted molar refractivity (Wildman–Crippen MR) is 104 cm³/mol. The molecule has 0 unspecified atom stereocenters. The van der Waals surface area contributed by atoms with Crippen LogP contribution in [0, 0.1) is 11.7 Å². The molecule has 1 heterocycles. The summed E-state index contributed by atoms with van der Waals surface area (Å²) < 4.78 is 57.4. The molecule has 0 radical (unpaired) electrons. The maximum absolute atomic E-state index is 13.5. The molecule has 0 spiro atoms. The molecule has 2 aromatic rings. The molecule has 1 N–H and O–H groups in total. The topological polar surface area (TPSA) is 58.6 Å². The van der Waals surface area contributed by atoms with Gasteiger partial charge in [-0.1, -0.05) is 18.2 Å². The molecule has 1 atom stereocenters. The molecule has 1 aliphatic heterocycles. The Bertz CT molecular complexity index is 962. The molecule has 1 saturated heterocycles. The summed E-state index contributed by atoms with van der Waals surface area (Å²) >= 11 is 0. The van der Waals surface area contributed by atoms with E-state index in [1.807, 2.05) is 18.2 Å². The quantitative estimate of drug-likeness (QED) is 0.696. The lowest BCUT2D eigenvalue weighted by atomic mass is 9.96. The number of piperidine rings is 1. The van der Waals surface area contributed by atoms with Crippen molar-refractivity contribution < 1.29 is 31.9 Å². The third-order valence-corrected chi connectivity index (χ3v) is 5.18. The number of hydrogen-bond acceptors (Lipinski definition) is 3. The van der Waals surface area contributed by atoms with E-state index in [1.54, 1.807) is 11.0 Å². The Labute approximate surface area is 177 Å². The van der Waals surface area contributed by atoms with Crippen LogP contribution in [0.3, 0.4) is 0 Å².